The second-order valence-electron chi connectivity index (χ2n) is 5.75. The van der Waals surface area contributed by atoms with Gasteiger partial charge < -0.3 is 10.1 Å². The van der Waals surface area contributed by atoms with Crippen LogP contribution in [0.2, 0.25) is 0 Å². The van der Waals surface area contributed by atoms with Crippen LogP contribution >= 0.6 is 0 Å². The van der Waals surface area contributed by atoms with Crippen molar-refractivity contribution < 1.29 is 22.9 Å². The molecule has 0 spiro atoms. The number of benzene rings is 1. The van der Waals surface area contributed by atoms with Gasteiger partial charge in [-0.3, -0.25) is 19.6 Å². The number of ether oxygens (including phenoxy) is 1. The van der Waals surface area contributed by atoms with Crippen LogP contribution in [0.15, 0.2) is 35.4 Å². The van der Waals surface area contributed by atoms with Gasteiger partial charge >= 0.3 is 5.69 Å². The first-order valence-corrected chi connectivity index (χ1v) is 9.40. The van der Waals surface area contributed by atoms with Crippen LogP contribution < -0.4 is 5.32 Å². The number of aromatic nitrogens is 2. The Morgan fingerprint density at radius 3 is 2.48 bits per heavy atom. The van der Waals surface area contributed by atoms with Crippen molar-refractivity contribution in [2.45, 2.75) is 4.90 Å². The van der Waals surface area contributed by atoms with E-state index in [9.17, 15) is 23.3 Å². The van der Waals surface area contributed by atoms with Crippen molar-refractivity contribution >= 4 is 27.3 Å². The average Bonchev–Trinajstić information content (AvgIpc) is 3.05. The quantitative estimate of drug-likeness (QED) is 0.578. The summed E-state index contributed by atoms with van der Waals surface area (Å²) < 4.78 is 32.7. The number of morpholine rings is 1. The molecule has 0 unspecified atom stereocenters. The Bertz CT molecular complexity index is 963. The van der Waals surface area contributed by atoms with Crippen LogP contribution in [0.4, 0.5) is 11.4 Å². The molecule has 1 aromatic heterocycles. The van der Waals surface area contributed by atoms with Crippen LogP contribution in [-0.4, -0.2) is 59.6 Å². The number of carbonyl (C=O) groups excluding carboxylic acids is 1. The maximum atomic E-state index is 12.6. The molecular weight excluding hydrogens is 378 g/mol. The zero-order chi connectivity index (χ0) is 19.6. The molecule has 0 saturated carbocycles. The number of hydrogen-bond acceptors (Lipinski definition) is 7. The van der Waals surface area contributed by atoms with Gasteiger partial charge in [0, 0.05) is 25.8 Å². The number of nitrogens with zero attached hydrogens (tertiary/aromatic N) is 4. The lowest BCUT2D eigenvalue weighted by Gasteiger charge is -2.26. The first-order chi connectivity index (χ1) is 12.8. The monoisotopic (exact) mass is 395 g/mol. The Labute approximate surface area is 154 Å². The lowest BCUT2D eigenvalue weighted by molar-refractivity contribution is -0.385. The van der Waals surface area contributed by atoms with E-state index in [2.05, 4.69) is 10.4 Å². The van der Waals surface area contributed by atoms with Gasteiger partial charge in [-0.05, 0) is 24.3 Å². The number of anilines is 1. The molecule has 1 fully saturated rings. The molecule has 1 aromatic carbocycles. The molecule has 144 valence electrons. The van der Waals surface area contributed by atoms with Crippen LogP contribution in [0.25, 0.3) is 0 Å². The fourth-order valence-electron chi connectivity index (χ4n) is 2.66. The van der Waals surface area contributed by atoms with E-state index in [4.69, 9.17) is 4.74 Å². The molecule has 1 saturated heterocycles. The second kappa shape index (κ2) is 7.42. The molecule has 0 radical (unpaired) electrons. The van der Waals surface area contributed by atoms with Gasteiger partial charge in [0.1, 0.15) is 6.20 Å². The van der Waals surface area contributed by atoms with Crippen LogP contribution in [-0.2, 0) is 21.8 Å². The van der Waals surface area contributed by atoms with E-state index < -0.39 is 26.5 Å². The summed E-state index contributed by atoms with van der Waals surface area (Å²) >= 11 is 0. The summed E-state index contributed by atoms with van der Waals surface area (Å²) in [6, 6.07) is 5.59. The Hall–Kier alpha value is -2.83. The fraction of sp³-hybridized carbons (Fsp3) is 0.333. The summed E-state index contributed by atoms with van der Waals surface area (Å²) in [4.78, 5) is 22.7. The number of carbonyl (C=O) groups is 1. The topological polar surface area (TPSA) is 137 Å². The lowest BCUT2D eigenvalue weighted by Crippen LogP contribution is -2.40. The number of aryl methyl sites for hydroxylation is 1. The lowest BCUT2D eigenvalue weighted by atomic mass is 10.3. The van der Waals surface area contributed by atoms with Gasteiger partial charge in [0.2, 0.25) is 15.7 Å². The summed E-state index contributed by atoms with van der Waals surface area (Å²) in [6.45, 7) is 1.25. The van der Waals surface area contributed by atoms with Crippen LogP contribution in [0.1, 0.15) is 10.5 Å². The number of nitro groups is 1. The zero-order valence-electron chi connectivity index (χ0n) is 14.4. The van der Waals surface area contributed by atoms with E-state index in [-0.39, 0.29) is 23.7 Å². The summed E-state index contributed by atoms with van der Waals surface area (Å²) in [7, 11) is -2.22. The molecule has 2 aromatic rings. The van der Waals surface area contributed by atoms with E-state index in [1.54, 1.807) is 0 Å². The number of amides is 1. The van der Waals surface area contributed by atoms with Crippen molar-refractivity contribution in [2.75, 3.05) is 31.6 Å². The minimum atomic E-state index is -3.64. The Kier molecular flexibility index (Phi) is 5.21. The van der Waals surface area contributed by atoms with Crippen LogP contribution in [0.3, 0.4) is 0 Å². The molecular formula is C15H17N5O6S. The summed E-state index contributed by atoms with van der Waals surface area (Å²) in [6.07, 6.45) is 0.993. The van der Waals surface area contributed by atoms with Gasteiger partial charge in [-0.15, -0.1) is 0 Å². The number of rotatable bonds is 5. The van der Waals surface area contributed by atoms with Gasteiger partial charge in [-0.2, -0.15) is 9.40 Å². The molecule has 0 atom stereocenters. The van der Waals surface area contributed by atoms with E-state index in [0.717, 1.165) is 10.9 Å². The van der Waals surface area contributed by atoms with Gasteiger partial charge in [0.25, 0.3) is 5.91 Å². The predicted molar refractivity (Wildman–Crippen MR) is 93.8 cm³/mol. The molecule has 11 nitrogen and oxygen atoms in total. The standard InChI is InChI=1S/C15H17N5O6S/c1-18-14(13(10-16-18)20(22)23)15(21)17-11-2-4-12(5-3-11)27(24,25)19-6-8-26-9-7-19/h2-5,10H,6-9H2,1H3,(H,17,21). The van der Waals surface area contributed by atoms with Gasteiger partial charge in [-0.1, -0.05) is 0 Å². The third-order valence-corrected chi connectivity index (χ3v) is 5.96. The highest BCUT2D eigenvalue weighted by Crippen LogP contribution is 2.21. The SMILES string of the molecule is Cn1ncc([N+](=O)[O-])c1C(=O)Nc1ccc(S(=O)(=O)N2CCOCC2)cc1. The van der Waals surface area contributed by atoms with Crippen molar-refractivity contribution in [3.05, 3.63) is 46.3 Å². The second-order valence-corrected chi connectivity index (χ2v) is 7.69. The van der Waals surface area contributed by atoms with Crippen molar-refractivity contribution in [1.29, 1.82) is 0 Å². The molecule has 2 heterocycles. The maximum Gasteiger partial charge on any atom is 0.320 e. The van der Waals surface area contributed by atoms with Crippen molar-refractivity contribution in [3.63, 3.8) is 0 Å². The fourth-order valence-corrected chi connectivity index (χ4v) is 4.07. The molecule has 12 heteroatoms. The highest BCUT2D eigenvalue weighted by atomic mass is 32.2. The van der Waals surface area contributed by atoms with Gasteiger partial charge in [-0.25, -0.2) is 8.42 Å². The van der Waals surface area contributed by atoms with Crippen molar-refractivity contribution in [1.82, 2.24) is 14.1 Å². The number of hydrogen-bond donors (Lipinski definition) is 1. The molecule has 1 aliphatic heterocycles. The largest absolute Gasteiger partial charge is 0.379 e. The normalized spacial score (nSPS) is 15.4. The maximum absolute atomic E-state index is 12.6. The van der Waals surface area contributed by atoms with Gasteiger partial charge in [0.15, 0.2) is 0 Å². The molecule has 1 N–H and O–H groups in total. The number of sulfonamides is 1. The molecule has 1 amide bonds. The Balaban J connectivity index is 1.77. The highest BCUT2D eigenvalue weighted by molar-refractivity contribution is 7.89. The third kappa shape index (κ3) is 3.82. The smallest absolute Gasteiger partial charge is 0.320 e. The van der Waals surface area contributed by atoms with Gasteiger partial charge in [0.05, 0.1) is 23.0 Å². The predicted octanol–water partition coefficient (Wildman–Crippen LogP) is 0.601. The van der Waals surface area contributed by atoms with E-state index in [0.29, 0.717) is 18.9 Å². The average molecular weight is 395 g/mol. The van der Waals surface area contributed by atoms with Crippen LogP contribution in [0, 0.1) is 10.1 Å². The van der Waals surface area contributed by atoms with E-state index >= 15 is 0 Å². The molecule has 1 aliphatic rings. The minimum Gasteiger partial charge on any atom is -0.379 e. The summed E-state index contributed by atoms with van der Waals surface area (Å²) in [5.74, 6) is -0.717. The highest BCUT2D eigenvalue weighted by Gasteiger charge is 2.27. The van der Waals surface area contributed by atoms with Crippen molar-refractivity contribution in [2.24, 2.45) is 7.05 Å². The minimum absolute atomic E-state index is 0.0916. The molecule has 27 heavy (non-hydrogen) atoms. The van der Waals surface area contributed by atoms with Crippen LogP contribution in [0.5, 0.6) is 0 Å². The summed E-state index contributed by atoms with van der Waals surface area (Å²) in [5.41, 5.74) is -0.317. The molecule has 0 bridgehead atoms. The van der Waals surface area contributed by atoms with E-state index in [1.165, 1.54) is 35.6 Å². The van der Waals surface area contributed by atoms with E-state index in [1.807, 2.05) is 0 Å². The first kappa shape index (κ1) is 18.9. The Morgan fingerprint density at radius 2 is 1.89 bits per heavy atom. The Morgan fingerprint density at radius 1 is 1.26 bits per heavy atom. The zero-order valence-corrected chi connectivity index (χ0v) is 15.2. The molecule has 0 aliphatic carbocycles. The third-order valence-electron chi connectivity index (χ3n) is 4.05. The first-order valence-electron chi connectivity index (χ1n) is 7.96. The summed E-state index contributed by atoms with van der Waals surface area (Å²) in [5, 5.41) is 17.2. The van der Waals surface area contributed by atoms with Crippen molar-refractivity contribution in [3.8, 4) is 0 Å². The molecule has 3 rings (SSSR count). The number of nitrogens with one attached hydrogen (secondary N) is 1.